The van der Waals surface area contributed by atoms with Gasteiger partial charge in [-0.1, -0.05) is 41.9 Å². The molecule has 0 radical (unpaired) electrons. The van der Waals surface area contributed by atoms with Crippen molar-refractivity contribution < 1.29 is 9.50 Å². The summed E-state index contributed by atoms with van der Waals surface area (Å²) in [5, 5.41) is 13.4. The number of hydrogen-bond donors (Lipinski definition) is 2. The van der Waals surface area contributed by atoms with E-state index in [-0.39, 0.29) is 5.82 Å². The van der Waals surface area contributed by atoms with Crippen molar-refractivity contribution in [3.63, 3.8) is 0 Å². The van der Waals surface area contributed by atoms with E-state index >= 15 is 0 Å². The van der Waals surface area contributed by atoms with Gasteiger partial charge in [0.15, 0.2) is 0 Å². The molecule has 0 spiro atoms. The highest BCUT2D eigenvalue weighted by molar-refractivity contribution is 6.30. The number of aliphatic hydroxyl groups is 1. The molecule has 0 saturated heterocycles. The second-order valence-corrected chi connectivity index (χ2v) is 4.77. The zero-order valence-corrected chi connectivity index (χ0v) is 11.1. The van der Waals surface area contributed by atoms with Crippen LogP contribution in [0.15, 0.2) is 48.5 Å². The monoisotopic (exact) mass is 279 g/mol. The Hall–Kier alpha value is -1.42. The summed E-state index contributed by atoms with van der Waals surface area (Å²) in [4.78, 5) is 0. The second-order valence-electron chi connectivity index (χ2n) is 4.34. The summed E-state index contributed by atoms with van der Waals surface area (Å²) in [7, 11) is 0. The summed E-state index contributed by atoms with van der Waals surface area (Å²) < 4.78 is 13.1. The Kier molecular flexibility index (Phi) is 4.91. The fraction of sp³-hybridized carbons (Fsp3) is 0.200. The second kappa shape index (κ2) is 6.66. The van der Waals surface area contributed by atoms with Gasteiger partial charge < -0.3 is 10.4 Å². The summed E-state index contributed by atoms with van der Waals surface area (Å²) in [5.41, 5.74) is 1.61. The largest absolute Gasteiger partial charge is 0.387 e. The summed E-state index contributed by atoms with van der Waals surface area (Å²) in [6.45, 7) is 0.861. The lowest BCUT2D eigenvalue weighted by atomic mass is 10.1. The van der Waals surface area contributed by atoms with Crippen LogP contribution in [0.3, 0.4) is 0 Å². The number of hydrogen-bond acceptors (Lipinski definition) is 2. The smallest absolute Gasteiger partial charge is 0.125 e. The van der Waals surface area contributed by atoms with Gasteiger partial charge >= 0.3 is 0 Å². The van der Waals surface area contributed by atoms with Crippen LogP contribution in [0, 0.1) is 5.82 Å². The third-order valence-electron chi connectivity index (χ3n) is 2.77. The number of nitrogens with one attached hydrogen (secondary N) is 1. The Bertz CT molecular complexity index is 513. The van der Waals surface area contributed by atoms with Gasteiger partial charge in [-0.15, -0.1) is 0 Å². The lowest BCUT2D eigenvalue weighted by Gasteiger charge is -2.12. The van der Waals surface area contributed by atoms with Crippen LogP contribution >= 0.6 is 11.6 Å². The maximum Gasteiger partial charge on any atom is 0.125 e. The van der Waals surface area contributed by atoms with Crippen LogP contribution < -0.4 is 5.32 Å². The predicted octanol–water partition coefficient (Wildman–Crippen LogP) is 3.30. The van der Waals surface area contributed by atoms with Gasteiger partial charge in [0.05, 0.1) is 6.10 Å². The molecule has 0 saturated carbocycles. The molecule has 0 amide bonds. The van der Waals surface area contributed by atoms with Crippen molar-refractivity contribution in [3.8, 4) is 0 Å². The van der Waals surface area contributed by atoms with Crippen molar-refractivity contribution in [2.24, 2.45) is 0 Å². The van der Waals surface area contributed by atoms with Crippen LogP contribution in [0.4, 0.5) is 4.39 Å². The molecular weight excluding hydrogens is 265 g/mol. The number of halogens is 2. The van der Waals surface area contributed by atoms with Gasteiger partial charge in [0, 0.05) is 18.1 Å². The van der Waals surface area contributed by atoms with Crippen molar-refractivity contribution >= 4 is 11.6 Å². The lowest BCUT2D eigenvalue weighted by Crippen LogP contribution is -2.21. The van der Waals surface area contributed by atoms with Crippen LogP contribution in [0.2, 0.25) is 5.02 Å². The maximum atomic E-state index is 13.1. The third kappa shape index (κ3) is 4.31. The predicted molar refractivity (Wildman–Crippen MR) is 74.5 cm³/mol. The van der Waals surface area contributed by atoms with Crippen molar-refractivity contribution in [1.29, 1.82) is 0 Å². The number of benzene rings is 2. The molecule has 0 aliphatic carbocycles. The molecule has 2 N–H and O–H groups in total. The Morgan fingerprint density at radius 3 is 2.58 bits per heavy atom. The fourth-order valence-corrected chi connectivity index (χ4v) is 2.10. The molecule has 1 atom stereocenters. The molecule has 19 heavy (non-hydrogen) atoms. The van der Waals surface area contributed by atoms with E-state index in [0.717, 1.165) is 11.1 Å². The van der Waals surface area contributed by atoms with Gasteiger partial charge in [-0.05, 0) is 29.3 Å². The average molecular weight is 280 g/mol. The molecule has 0 heterocycles. The van der Waals surface area contributed by atoms with E-state index in [1.54, 1.807) is 6.07 Å². The van der Waals surface area contributed by atoms with Crippen LogP contribution in [0.5, 0.6) is 0 Å². The molecule has 0 aliphatic heterocycles. The molecule has 2 nitrogen and oxygen atoms in total. The minimum absolute atomic E-state index is 0.354. The third-order valence-corrected chi connectivity index (χ3v) is 2.99. The van der Waals surface area contributed by atoms with Crippen LogP contribution in [-0.2, 0) is 6.54 Å². The minimum Gasteiger partial charge on any atom is -0.387 e. The fourth-order valence-electron chi connectivity index (χ4n) is 1.86. The Morgan fingerprint density at radius 2 is 1.89 bits per heavy atom. The molecule has 0 bridgehead atoms. The molecule has 1 unspecified atom stereocenters. The van der Waals surface area contributed by atoms with Gasteiger partial charge in [0.25, 0.3) is 0 Å². The number of aliphatic hydroxyl groups excluding tert-OH is 1. The Balaban J connectivity index is 1.86. The first kappa shape index (κ1) is 14.0. The maximum absolute atomic E-state index is 13.1. The zero-order chi connectivity index (χ0) is 13.7. The highest BCUT2D eigenvalue weighted by Crippen LogP contribution is 2.15. The first-order valence-electron chi connectivity index (χ1n) is 6.04. The molecule has 2 aromatic carbocycles. The van der Waals surface area contributed by atoms with Crippen LogP contribution in [0.1, 0.15) is 17.2 Å². The van der Waals surface area contributed by atoms with E-state index < -0.39 is 6.10 Å². The lowest BCUT2D eigenvalue weighted by molar-refractivity contribution is 0.174. The van der Waals surface area contributed by atoms with E-state index in [1.165, 1.54) is 12.1 Å². The van der Waals surface area contributed by atoms with Gasteiger partial charge in [-0.25, -0.2) is 4.39 Å². The molecule has 4 heteroatoms. The molecule has 2 aromatic rings. The quantitative estimate of drug-likeness (QED) is 0.880. The molecule has 2 rings (SSSR count). The van der Waals surface area contributed by atoms with Crippen molar-refractivity contribution in [2.45, 2.75) is 12.6 Å². The first-order chi connectivity index (χ1) is 9.15. The molecule has 0 aromatic heterocycles. The minimum atomic E-state index is -0.578. The topological polar surface area (TPSA) is 32.3 Å². The summed E-state index contributed by atoms with van der Waals surface area (Å²) in [5.74, 6) is -0.354. The Labute approximate surface area is 116 Å². The molecule has 100 valence electrons. The molecule has 0 aliphatic rings. The van der Waals surface area contributed by atoms with E-state index in [2.05, 4.69) is 5.32 Å². The van der Waals surface area contributed by atoms with Crippen LogP contribution in [0.25, 0.3) is 0 Å². The Morgan fingerprint density at radius 1 is 1.16 bits per heavy atom. The van der Waals surface area contributed by atoms with Crippen molar-refractivity contribution in [2.75, 3.05) is 6.54 Å². The molecular formula is C15H15ClFNO. The van der Waals surface area contributed by atoms with Crippen molar-refractivity contribution in [1.82, 2.24) is 5.32 Å². The molecule has 0 fully saturated rings. The highest BCUT2D eigenvalue weighted by atomic mass is 35.5. The first-order valence-corrected chi connectivity index (χ1v) is 6.41. The zero-order valence-electron chi connectivity index (χ0n) is 10.3. The average Bonchev–Trinajstić information content (AvgIpc) is 2.38. The normalized spacial score (nSPS) is 12.4. The summed E-state index contributed by atoms with van der Waals surface area (Å²) in [6, 6.07) is 13.8. The standard InChI is InChI=1S/C15H15ClFNO/c16-13-6-11(7-14(17)8-13)9-18-10-15(19)12-4-2-1-3-5-12/h1-8,15,18-19H,9-10H2. The van der Waals surface area contributed by atoms with E-state index in [1.807, 2.05) is 30.3 Å². The van der Waals surface area contributed by atoms with Crippen molar-refractivity contribution in [3.05, 3.63) is 70.5 Å². The van der Waals surface area contributed by atoms with Gasteiger partial charge in [-0.2, -0.15) is 0 Å². The summed E-state index contributed by atoms with van der Waals surface area (Å²) >= 11 is 5.77. The van der Waals surface area contributed by atoms with Crippen LogP contribution in [-0.4, -0.2) is 11.7 Å². The van der Waals surface area contributed by atoms with Gasteiger partial charge in [0.1, 0.15) is 5.82 Å². The van der Waals surface area contributed by atoms with E-state index in [9.17, 15) is 9.50 Å². The SMILES string of the molecule is OC(CNCc1cc(F)cc(Cl)c1)c1ccccc1. The van der Waals surface area contributed by atoms with E-state index in [4.69, 9.17) is 11.6 Å². The number of rotatable bonds is 5. The van der Waals surface area contributed by atoms with Gasteiger partial charge in [-0.3, -0.25) is 0 Å². The van der Waals surface area contributed by atoms with E-state index in [0.29, 0.717) is 18.1 Å². The summed E-state index contributed by atoms with van der Waals surface area (Å²) in [6.07, 6.45) is -0.578. The highest BCUT2D eigenvalue weighted by Gasteiger charge is 2.06. The van der Waals surface area contributed by atoms with Gasteiger partial charge in [0.2, 0.25) is 0 Å².